The quantitative estimate of drug-likeness (QED) is 0.0308. The Hall–Kier alpha value is -2.71. The molecule has 466 valence electrons. The molecule has 5 aliphatic carbocycles. The summed E-state index contributed by atoms with van der Waals surface area (Å²) in [6, 6.07) is 0. The Labute approximate surface area is 476 Å². The van der Waals surface area contributed by atoms with Gasteiger partial charge in [-0.15, -0.1) is 0 Å². The smallest absolute Gasteiger partial charge is 0.335 e. The molecule has 25 nitrogen and oxygen atoms in total. The first-order chi connectivity index (χ1) is 38.4. The minimum Gasteiger partial charge on any atom is -0.479 e. The molecule has 0 radical (unpaired) electrons. The van der Waals surface area contributed by atoms with E-state index in [-0.39, 0.29) is 36.7 Å². The molecule has 0 aromatic rings. The number of fused-ring (bicyclic) bond motifs is 7. The van der Waals surface area contributed by atoms with Crippen molar-refractivity contribution in [2.75, 3.05) is 26.4 Å². The van der Waals surface area contributed by atoms with Crippen molar-refractivity contribution in [1.82, 2.24) is 0 Å². The summed E-state index contributed by atoms with van der Waals surface area (Å²) >= 11 is 0. The van der Waals surface area contributed by atoms with E-state index in [4.69, 9.17) is 42.6 Å². The number of carboxylic acid groups (broad SMARTS) is 1. The minimum atomic E-state index is -2.26. The largest absolute Gasteiger partial charge is 0.479 e. The maximum absolute atomic E-state index is 14.1. The number of hydrogen-bond acceptors (Lipinski definition) is 24. The molecule has 0 aromatic carbocycles. The van der Waals surface area contributed by atoms with Crippen molar-refractivity contribution in [2.24, 2.45) is 50.2 Å². The van der Waals surface area contributed by atoms with E-state index in [1.54, 1.807) is 26.8 Å². The summed E-state index contributed by atoms with van der Waals surface area (Å²) in [7, 11) is 0. The average molecular weight is 1170 g/mol. The monoisotopic (exact) mass is 1170 g/mol. The van der Waals surface area contributed by atoms with Gasteiger partial charge in [0.1, 0.15) is 92.2 Å². The van der Waals surface area contributed by atoms with Crippen LogP contribution in [0.15, 0.2) is 23.3 Å². The van der Waals surface area contributed by atoms with Gasteiger partial charge >= 0.3 is 11.9 Å². The zero-order valence-electron chi connectivity index (χ0n) is 47.8. The predicted octanol–water partition coefficient (Wildman–Crippen LogP) is -1.55. The molecule has 9 rings (SSSR count). The summed E-state index contributed by atoms with van der Waals surface area (Å²) in [5, 5.41) is 144. The van der Waals surface area contributed by atoms with Gasteiger partial charge in [0.15, 0.2) is 31.3 Å². The highest BCUT2D eigenvalue weighted by molar-refractivity contribution is 5.87. The number of esters is 1. The summed E-state index contributed by atoms with van der Waals surface area (Å²) < 4.78 is 54.1. The zero-order valence-corrected chi connectivity index (χ0v) is 47.8. The van der Waals surface area contributed by atoms with E-state index in [9.17, 15) is 80.8 Å². The predicted molar refractivity (Wildman–Crippen MR) is 278 cm³/mol. The number of hydrogen-bond donors (Lipinski definition) is 13. The molecule has 4 unspecified atom stereocenters. The van der Waals surface area contributed by atoms with Crippen molar-refractivity contribution in [3.63, 3.8) is 0 Å². The molecule has 4 saturated carbocycles. The van der Waals surface area contributed by atoms with Crippen LogP contribution < -0.4 is 0 Å². The van der Waals surface area contributed by atoms with Crippen molar-refractivity contribution < 1.29 is 123 Å². The number of aliphatic hydroxyl groups excluding tert-OH is 12. The first-order valence-corrected chi connectivity index (χ1v) is 28.8. The van der Waals surface area contributed by atoms with E-state index in [0.29, 0.717) is 44.1 Å². The molecule has 4 heterocycles. The number of carbonyl (C=O) groups excluding carboxylic acids is 2. The average Bonchev–Trinajstić information content (AvgIpc) is 0.837. The van der Waals surface area contributed by atoms with E-state index in [0.717, 1.165) is 11.9 Å². The zero-order chi connectivity index (χ0) is 60.1. The first-order valence-electron chi connectivity index (χ1n) is 28.8. The van der Waals surface area contributed by atoms with E-state index in [1.165, 1.54) is 0 Å². The van der Waals surface area contributed by atoms with Crippen molar-refractivity contribution in [3.8, 4) is 0 Å². The number of allylic oxidation sites excluding steroid dienone is 3. The number of carboxylic acids is 1. The number of carbonyl (C=O) groups is 3. The van der Waals surface area contributed by atoms with Crippen LogP contribution >= 0.6 is 0 Å². The fraction of sp³-hybridized carbons (Fsp3) is 0.877. The Morgan fingerprint density at radius 3 is 1.94 bits per heavy atom. The van der Waals surface area contributed by atoms with Crippen LogP contribution in [0.4, 0.5) is 0 Å². The Kier molecular flexibility index (Phi) is 18.2. The molecule has 0 bridgehead atoms. The highest BCUT2D eigenvalue weighted by Crippen LogP contribution is 2.76. The molecular formula is C57H88O25. The molecule has 13 N–H and O–H groups in total. The molecule has 0 aromatic heterocycles. The van der Waals surface area contributed by atoms with Crippen molar-refractivity contribution in [2.45, 2.75) is 236 Å². The van der Waals surface area contributed by atoms with Crippen LogP contribution in [0.2, 0.25) is 0 Å². The van der Waals surface area contributed by atoms with Gasteiger partial charge in [-0.1, -0.05) is 59.3 Å². The molecule has 29 atom stereocenters. The number of rotatable bonds is 14. The van der Waals surface area contributed by atoms with Gasteiger partial charge < -0.3 is 114 Å². The standard InChI is InChI=1S/C57H88O25/c1-9-24(2)47(73)76-23-57-26(16-52(3,4)17-32(57)62)25-10-11-31-53(5)14-13-34(54(6,22-59)30(53)12-15-55(31,7)56(25,8)18-33(57)63)78-51-45(82-49-40(69)38(67)37(66)29(19-58)77-49)42(41(70)43(80-51)46(71)72)79-50-44(36(65)28(61)21-75-50)81-48-39(68)35(64)27(60)20-74-48/h9-10,22,26-45,48-51,58,60-70H,11-21,23H2,1-8H3,(H,71,72)/b24-9-/t26-,27?,28-,29+,30+,31+,32-,33+,34-,35?,36-,37-,38-,39?,40+,41-,42-,43-,44+,45+,48?,49-,50-,51+,53-,54-,55+,56+,57+/m0/s1. The fourth-order valence-corrected chi connectivity index (χ4v) is 16.6. The lowest BCUT2D eigenvalue weighted by Crippen LogP contribution is -2.70. The molecular weight excluding hydrogens is 1080 g/mol. The highest BCUT2D eigenvalue weighted by Gasteiger charge is 2.72. The SMILES string of the molecule is C/C=C(/C)C(=O)OC[C@@]12[C@H](O)C[C@]3(C)C(=CC[C@@H]4[C@@]5(C)CC[C@H](O[C@@H]6O[C@H](C(=O)O)[C@@H](O)[C@H](O[C@@H]7OC[C@H](O)[C@H](O)[C@H]7OC7OCC(O)C(O)C7O)[C@H]6O[C@@H]6O[C@H](CO)[C@H](O)[C@H](O)[C@H]6O)[C@@](C)(C=O)[C@@H]5CC[C@]43C)[C@@H]1CC(C)(C)C[C@@H]2O. The van der Waals surface area contributed by atoms with Gasteiger partial charge in [-0.05, 0) is 105 Å². The van der Waals surface area contributed by atoms with Gasteiger partial charge in [0.25, 0.3) is 0 Å². The van der Waals surface area contributed by atoms with Gasteiger partial charge in [0.2, 0.25) is 0 Å². The van der Waals surface area contributed by atoms with Gasteiger partial charge in [0.05, 0.1) is 49.0 Å². The van der Waals surface area contributed by atoms with E-state index < -0.39 is 194 Å². The van der Waals surface area contributed by atoms with Gasteiger partial charge in [-0.25, -0.2) is 9.59 Å². The van der Waals surface area contributed by atoms with Crippen LogP contribution in [0.1, 0.15) is 107 Å². The second-order valence-electron chi connectivity index (χ2n) is 26.7. The Morgan fingerprint density at radius 2 is 1.29 bits per heavy atom. The molecule has 82 heavy (non-hydrogen) atoms. The summed E-state index contributed by atoms with van der Waals surface area (Å²) in [4.78, 5) is 40.4. The third kappa shape index (κ3) is 10.5. The summed E-state index contributed by atoms with van der Waals surface area (Å²) in [5.41, 5.74) is -3.04. The van der Waals surface area contributed by atoms with E-state index >= 15 is 0 Å². The third-order valence-electron chi connectivity index (χ3n) is 21.7. The lowest BCUT2D eigenvalue weighted by Gasteiger charge is -2.72. The van der Waals surface area contributed by atoms with Gasteiger partial charge in [-0.2, -0.15) is 0 Å². The molecule has 0 amide bonds. The molecule has 4 saturated heterocycles. The molecule has 25 heteroatoms. The normalized spacial score (nSPS) is 52.2. The molecule has 9 aliphatic rings. The van der Waals surface area contributed by atoms with E-state index in [2.05, 4.69) is 40.7 Å². The van der Waals surface area contributed by atoms with Crippen LogP contribution in [0.25, 0.3) is 0 Å². The van der Waals surface area contributed by atoms with Crippen LogP contribution in [-0.2, 0) is 57.0 Å². The third-order valence-corrected chi connectivity index (χ3v) is 21.7. The fourth-order valence-electron chi connectivity index (χ4n) is 16.6. The Bertz CT molecular complexity index is 2390. The summed E-state index contributed by atoms with van der Waals surface area (Å²) in [5.74, 6) is -3.10. The Balaban J connectivity index is 1.04. The summed E-state index contributed by atoms with van der Waals surface area (Å²) in [6.45, 7) is 13.7. The number of aldehydes is 1. The van der Waals surface area contributed by atoms with Crippen LogP contribution in [-0.4, -0.2) is 240 Å². The second-order valence-corrected chi connectivity index (χ2v) is 26.7. The number of ether oxygens (including phenoxy) is 9. The van der Waals surface area contributed by atoms with E-state index in [1.807, 2.05) is 0 Å². The number of aliphatic hydroxyl groups is 12. The van der Waals surface area contributed by atoms with Crippen LogP contribution in [0, 0.1) is 50.2 Å². The second kappa shape index (κ2) is 23.4. The van der Waals surface area contributed by atoms with Crippen LogP contribution in [0.3, 0.4) is 0 Å². The van der Waals surface area contributed by atoms with Crippen molar-refractivity contribution >= 4 is 18.2 Å². The highest BCUT2D eigenvalue weighted by atomic mass is 16.8. The lowest BCUT2D eigenvalue weighted by molar-refractivity contribution is -0.398. The van der Waals surface area contributed by atoms with Gasteiger partial charge in [-0.3, -0.25) is 0 Å². The topological polar surface area (TPSA) is 397 Å². The molecule has 0 spiro atoms. The maximum Gasteiger partial charge on any atom is 0.335 e. The summed E-state index contributed by atoms with van der Waals surface area (Å²) in [6.07, 6.45) is -29.2. The number of aliphatic carboxylic acids is 1. The van der Waals surface area contributed by atoms with Gasteiger partial charge in [0, 0.05) is 5.57 Å². The molecule has 4 aliphatic heterocycles. The van der Waals surface area contributed by atoms with Crippen LogP contribution in [0.5, 0.6) is 0 Å². The van der Waals surface area contributed by atoms with Crippen molar-refractivity contribution in [3.05, 3.63) is 23.3 Å². The lowest BCUT2D eigenvalue weighted by atomic mass is 9.33. The first kappa shape index (κ1) is 63.8. The Morgan fingerprint density at radius 1 is 0.671 bits per heavy atom. The van der Waals surface area contributed by atoms with Crippen molar-refractivity contribution in [1.29, 1.82) is 0 Å². The molecule has 8 fully saturated rings. The minimum absolute atomic E-state index is 0.0883. The maximum atomic E-state index is 14.1.